The van der Waals surface area contributed by atoms with E-state index in [9.17, 15) is 4.79 Å². The summed E-state index contributed by atoms with van der Waals surface area (Å²) in [6.45, 7) is 4.93. The minimum atomic E-state index is -0.329. The van der Waals surface area contributed by atoms with E-state index in [1.165, 1.54) is 12.0 Å². The van der Waals surface area contributed by atoms with Gasteiger partial charge in [-0.25, -0.2) is 0 Å². The molecule has 3 N–H and O–H groups in total. The van der Waals surface area contributed by atoms with E-state index >= 15 is 0 Å². The fourth-order valence-corrected chi connectivity index (χ4v) is 3.27. The average Bonchev–Trinajstić information content (AvgIpc) is 2.64. The van der Waals surface area contributed by atoms with Crippen LogP contribution in [0.3, 0.4) is 0 Å². The summed E-state index contributed by atoms with van der Waals surface area (Å²) in [5.41, 5.74) is 7.47. The number of amides is 1. The largest absolute Gasteiger partial charge is 0.341 e. The summed E-state index contributed by atoms with van der Waals surface area (Å²) in [6, 6.07) is 10.8. The van der Waals surface area contributed by atoms with Gasteiger partial charge in [-0.15, -0.1) is 0 Å². The van der Waals surface area contributed by atoms with Gasteiger partial charge in [-0.3, -0.25) is 4.79 Å². The van der Waals surface area contributed by atoms with Gasteiger partial charge in [0.25, 0.3) is 0 Å². The van der Waals surface area contributed by atoms with Crippen LogP contribution in [0.2, 0.25) is 0 Å². The lowest BCUT2D eigenvalue weighted by Gasteiger charge is -2.29. The van der Waals surface area contributed by atoms with Gasteiger partial charge in [0.05, 0.1) is 6.04 Å². The summed E-state index contributed by atoms with van der Waals surface area (Å²) in [7, 11) is 0. The molecule has 4 nitrogen and oxygen atoms in total. The fourth-order valence-electron chi connectivity index (χ4n) is 3.27. The van der Waals surface area contributed by atoms with Crippen LogP contribution in [0.15, 0.2) is 30.3 Å². The molecule has 0 bridgehead atoms. The Balaban J connectivity index is 1.55. The summed E-state index contributed by atoms with van der Waals surface area (Å²) >= 11 is 0. The van der Waals surface area contributed by atoms with Crippen LogP contribution in [0.25, 0.3) is 0 Å². The number of carbonyl (C=O) groups excluding carboxylic acids is 1. The smallest absolute Gasteiger partial charge is 0.239 e. The quantitative estimate of drug-likeness (QED) is 0.684. The lowest BCUT2D eigenvalue weighted by Crippen LogP contribution is -2.46. The van der Waals surface area contributed by atoms with Crippen LogP contribution >= 0.6 is 0 Å². The van der Waals surface area contributed by atoms with Gasteiger partial charge >= 0.3 is 0 Å². The average molecular weight is 332 g/mol. The van der Waals surface area contributed by atoms with E-state index in [4.69, 9.17) is 5.73 Å². The first-order chi connectivity index (χ1) is 11.7. The Hall–Kier alpha value is -1.39. The van der Waals surface area contributed by atoms with Gasteiger partial charge in [-0.05, 0) is 64.0 Å². The first-order valence-electron chi connectivity index (χ1n) is 9.48. The molecule has 1 saturated heterocycles. The molecule has 0 aromatic heterocycles. The van der Waals surface area contributed by atoms with E-state index in [1.54, 1.807) is 0 Å². The summed E-state index contributed by atoms with van der Waals surface area (Å²) in [5, 5.41) is 3.55. The Morgan fingerprint density at radius 1 is 1.17 bits per heavy atom. The molecule has 134 valence electrons. The number of nitrogens with one attached hydrogen (secondary N) is 1. The van der Waals surface area contributed by atoms with Crippen LogP contribution in [0.4, 0.5) is 0 Å². The van der Waals surface area contributed by atoms with E-state index < -0.39 is 0 Å². The highest BCUT2D eigenvalue weighted by molar-refractivity contribution is 5.81. The van der Waals surface area contributed by atoms with Crippen molar-refractivity contribution in [3.63, 3.8) is 0 Å². The zero-order valence-electron chi connectivity index (χ0n) is 15.0. The van der Waals surface area contributed by atoms with Crippen LogP contribution in [-0.2, 0) is 11.2 Å². The maximum atomic E-state index is 12.3. The van der Waals surface area contributed by atoms with Crippen LogP contribution in [0, 0.1) is 0 Å². The number of hydrogen-bond donors (Lipinski definition) is 2. The minimum absolute atomic E-state index is 0.145. The zero-order chi connectivity index (χ0) is 17.2. The van der Waals surface area contributed by atoms with Crippen LogP contribution in [0.1, 0.15) is 51.0 Å². The maximum absolute atomic E-state index is 12.3. The third-order valence-corrected chi connectivity index (χ3v) is 4.88. The number of likely N-dealkylation sites (tertiary alicyclic amines) is 1. The first kappa shape index (κ1) is 18.9. The highest BCUT2D eigenvalue weighted by Gasteiger charge is 2.21. The second-order valence-electron chi connectivity index (χ2n) is 7.01. The molecule has 0 aliphatic carbocycles. The molecule has 0 radical (unpaired) electrons. The highest BCUT2D eigenvalue weighted by atomic mass is 16.2. The maximum Gasteiger partial charge on any atom is 0.239 e. The predicted octanol–water partition coefficient (Wildman–Crippen LogP) is 2.72. The molecule has 2 rings (SSSR count). The molecule has 24 heavy (non-hydrogen) atoms. The number of nitrogens with zero attached hydrogens (tertiary/aromatic N) is 1. The Labute approximate surface area is 146 Å². The molecular formula is C20H33N3O. The number of hydrogen-bond acceptors (Lipinski definition) is 3. The number of piperidine rings is 1. The predicted molar refractivity (Wildman–Crippen MR) is 99.9 cm³/mol. The van der Waals surface area contributed by atoms with Crippen molar-refractivity contribution >= 4 is 5.91 Å². The van der Waals surface area contributed by atoms with E-state index in [0.717, 1.165) is 58.2 Å². The standard InChI is InChI=1S/C20H33N3O/c1-17(12-13-18-9-4-2-5-10-18)22-14-8-11-19(21)20(24)23-15-6-3-7-16-23/h2,4-5,9-10,17,19,22H,3,6-8,11-16,21H2,1H3. The topological polar surface area (TPSA) is 58.4 Å². The molecule has 1 aromatic carbocycles. The summed E-state index contributed by atoms with van der Waals surface area (Å²) in [4.78, 5) is 14.2. The van der Waals surface area contributed by atoms with Gasteiger partial charge < -0.3 is 16.0 Å². The van der Waals surface area contributed by atoms with E-state index in [1.807, 2.05) is 4.90 Å². The second kappa shape index (κ2) is 10.5. The number of nitrogens with two attached hydrogens (primary N) is 1. The highest BCUT2D eigenvalue weighted by Crippen LogP contribution is 2.11. The molecule has 4 heteroatoms. The lowest BCUT2D eigenvalue weighted by molar-refractivity contribution is -0.133. The number of carbonyl (C=O) groups is 1. The van der Waals surface area contributed by atoms with Crippen LogP contribution < -0.4 is 11.1 Å². The van der Waals surface area contributed by atoms with Gasteiger partial charge in [0.2, 0.25) is 5.91 Å². The molecule has 1 aliphatic heterocycles. The van der Waals surface area contributed by atoms with Crippen molar-refractivity contribution in [3.8, 4) is 0 Å². The molecule has 1 amide bonds. The Morgan fingerprint density at radius 3 is 2.58 bits per heavy atom. The lowest BCUT2D eigenvalue weighted by atomic mass is 10.1. The number of rotatable bonds is 9. The summed E-state index contributed by atoms with van der Waals surface area (Å²) in [6.07, 6.45) is 7.44. The normalized spacial score (nSPS) is 17.5. The van der Waals surface area contributed by atoms with Crippen LogP contribution in [-0.4, -0.2) is 42.5 Å². The fraction of sp³-hybridized carbons (Fsp3) is 0.650. The number of aryl methyl sites for hydroxylation is 1. The van der Waals surface area contributed by atoms with Crippen molar-refractivity contribution in [1.29, 1.82) is 0 Å². The van der Waals surface area contributed by atoms with Gasteiger partial charge in [-0.2, -0.15) is 0 Å². The molecule has 0 spiro atoms. The molecule has 1 aromatic rings. The Morgan fingerprint density at radius 2 is 1.88 bits per heavy atom. The molecule has 2 unspecified atom stereocenters. The summed E-state index contributed by atoms with van der Waals surface area (Å²) < 4.78 is 0. The Kier molecular flexibility index (Phi) is 8.26. The van der Waals surface area contributed by atoms with Crippen molar-refractivity contribution in [1.82, 2.24) is 10.2 Å². The third-order valence-electron chi connectivity index (χ3n) is 4.88. The molecule has 1 fully saturated rings. The first-order valence-corrected chi connectivity index (χ1v) is 9.48. The van der Waals surface area contributed by atoms with Crippen molar-refractivity contribution < 1.29 is 4.79 Å². The summed E-state index contributed by atoms with van der Waals surface area (Å²) in [5.74, 6) is 0.145. The van der Waals surface area contributed by atoms with Crippen LogP contribution in [0.5, 0.6) is 0 Å². The van der Waals surface area contributed by atoms with Gasteiger partial charge in [0.1, 0.15) is 0 Å². The van der Waals surface area contributed by atoms with Crippen molar-refractivity contribution in [3.05, 3.63) is 35.9 Å². The molecular weight excluding hydrogens is 298 g/mol. The Bertz CT molecular complexity index is 471. The van der Waals surface area contributed by atoms with E-state index in [0.29, 0.717) is 6.04 Å². The third kappa shape index (κ3) is 6.62. The molecule has 1 aliphatic rings. The van der Waals surface area contributed by atoms with Gasteiger partial charge in [0.15, 0.2) is 0 Å². The molecule has 1 heterocycles. The van der Waals surface area contributed by atoms with E-state index in [2.05, 4.69) is 42.6 Å². The number of benzene rings is 1. The second-order valence-corrected chi connectivity index (χ2v) is 7.01. The van der Waals surface area contributed by atoms with Gasteiger partial charge in [0, 0.05) is 19.1 Å². The zero-order valence-corrected chi connectivity index (χ0v) is 15.0. The van der Waals surface area contributed by atoms with Gasteiger partial charge in [-0.1, -0.05) is 30.3 Å². The molecule has 2 atom stereocenters. The van der Waals surface area contributed by atoms with Crippen molar-refractivity contribution in [2.45, 2.75) is 64.0 Å². The van der Waals surface area contributed by atoms with Crippen molar-refractivity contribution in [2.24, 2.45) is 5.73 Å². The minimum Gasteiger partial charge on any atom is -0.341 e. The van der Waals surface area contributed by atoms with Crippen molar-refractivity contribution in [2.75, 3.05) is 19.6 Å². The van der Waals surface area contributed by atoms with E-state index in [-0.39, 0.29) is 11.9 Å². The monoisotopic (exact) mass is 331 g/mol. The SMILES string of the molecule is CC(CCc1ccccc1)NCCCC(N)C(=O)N1CCCCC1. The molecule has 0 saturated carbocycles.